The first-order chi connectivity index (χ1) is 13.3. The van der Waals surface area contributed by atoms with Crippen LogP contribution in [0.15, 0.2) is 30.5 Å². The summed E-state index contributed by atoms with van der Waals surface area (Å²) in [4.78, 5) is 27.3. The molecule has 28 heavy (non-hydrogen) atoms. The van der Waals surface area contributed by atoms with Gasteiger partial charge in [0.2, 0.25) is 5.91 Å². The monoisotopic (exact) mass is 416 g/mol. The van der Waals surface area contributed by atoms with Crippen LogP contribution in [0, 0.1) is 11.6 Å². The van der Waals surface area contributed by atoms with Crippen LogP contribution in [-0.4, -0.2) is 29.5 Å². The highest BCUT2D eigenvalue weighted by Crippen LogP contribution is 2.30. The van der Waals surface area contributed by atoms with E-state index in [1.807, 2.05) is 0 Å². The van der Waals surface area contributed by atoms with E-state index >= 15 is 0 Å². The standard InChI is InChI=1S/C17H13ClF4N4O2/c18-12-9(19)3-2-8(13(12)20)14(7-1-4-10(15(21)22)23-5-7)26-16(27)11-6-24-17(28)25-11/h1-5,11,14-15H,6H2,(H,26,27)(H2,24,25,28)/t11?,14-/m0/s1. The number of carbonyl (C=O) groups is 2. The van der Waals surface area contributed by atoms with Gasteiger partial charge in [-0.3, -0.25) is 9.78 Å². The molecular formula is C17H13ClF4N4O2. The van der Waals surface area contributed by atoms with E-state index in [9.17, 15) is 27.2 Å². The Morgan fingerprint density at radius 1 is 1.25 bits per heavy atom. The highest BCUT2D eigenvalue weighted by Gasteiger charge is 2.31. The molecule has 0 radical (unpaired) electrons. The predicted octanol–water partition coefficient (Wildman–Crippen LogP) is 2.84. The number of pyridine rings is 1. The molecule has 2 heterocycles. The van der Waals surface area contributed by atoms with Crippen molar-refractivity contribution >= 4 is 23.5 Å². The van der Waals surface area contributed by atoms with Crippen LogP contribution in [0.25, 0.3) is 0 Å². The predicted molar refractivity (Wildman–Crippen MR) is 90.9 cm³/mol. The molecule has 0 spiro atoms. The van der Waals surface area contributed by atoms with Crippen LogP contribution in [0.4, 0.5) is 22.4 Å². The molecule has 1 aromatic heterocycles. The Hall–Kier alpha value is -2.88. The van der Waals surface area contributed by atoms with Crippen molar-refractivity contribution in [1.29, 1.82) is 0 Å². The number of nitrogens with zero attached hydrogens (tertiary/aromatic N) is 1. The molecule has 0 bridgehead atoms. The zero-order valence-corrected chi connectivity index (χ0v) is 14.7. The number of carbonyl (C=O) groups excluding carboxylic acids is 2. The molecule has 3 N–H and O–H groups in total. The second-order valence-electron chi connectivity index (χ2n) is 5.93. The smallest absolute Gasteiger partial charge is 0.315 e. The minimum atomic E-state index is -2.81. The minimum Gasteiger partial charge on any atom is -0.343 e. The SMILES string of the molecule is O=C1NCC(C(=O)N[C@@H](c2ccc(C(F)F)nc2)c2ccc(F)c(Cl)c2F)N1. The Balaban J connectivity index is 1.97. The summed E-state index contributed by atoms with van der Waals surface area (Å²) in [6.07, 6.45) is -1.76. The number of alkyl halides is 2. The topological polar surface area (TPSA) is 83.1 Å². The fraction of sp³-hybridized carbons (Fsp3) is 0.235. The summed E-state index contributed by atoms with van der Waals surface area (Å²) in [5.74, 6) is -2.77. The summed E-state index contributed by atoms with van der Waals surface area (Å²) >= 11 is 5.62. The van der Waals surface area contributed by atoms with Crippen LogP contribution >= 0.6 is 11.6 Å². The van der Waals surface area contributed by atoms with Gasteiger partial charge in [-0.15, -0.1) is 0 Å². The molecular weight excluding hydrogens is 404 g/mol. The van der Waals surface area contributed by atoms with Crippen molar-refractivity contribution in [3.05, 3.63) is 63.9 Å². The van der Waals surface area contributed by atoms with Gasteiger partial charge in [0.05, 0.1) is 6.04 Å². The quantitative estimate of drug-likeness (QED) is 0.518. The first-order valence-corrected chi connectivity index (χ1v) is 8.38. The first-order valence-electron chi connectivity index (χ1n) is 8.00. The van der Waals surface area contributed by atoms with Gasteiger partial charge in [0.1, 0.15) is 28.4 Å². The number of rotatable bonds is 5. The van der Waals surface area contributed by atoms with E-state index in [0.717, 1.165) is 24.4 Å². The summed E-state index contributed by atoms with van der Waals surface area (Å²) in [6.45, 7) is 0.00656. The molecule has 1 aliphatic rings. The molecule has 1 aromatic carbocycles. The van der Waals surface area contributed by atoms with E-state index in [-0.39, 0.29) is 17.7 Å². The van der Waals surface area contributed by atoms with Gasteiger partial charge in [-0.2, -0.15) is 0 Å². The van der Waals surface area contributed by atoms with Crippen molar-refractivity contribution in [2.45, 2.75) is 18.5 Å². The molecule has 3 rings (SSSR count). The van der Waals surface area contributed by atoms with E-state index in [4.69, 9.17) is 11.6 Å². The van der Waals surface area contributed by atoms with E-state index < -0.39 is 52.8 Å². The maximum absolute atomic E-state index is 14.5. The van der Waals surface area contributed by atoms with Crippen molar-refractivity contribution < 1.29 is 27.2 Å². The number of halogens is 5. The maximum atomic E-state index is 14.5. The van der Waals surface area contributed by atoms with Gasteiger partial charge in [0, 0.05) is 18.3 Å². The Morgan fingerprint density at radius 3 is 2.57 bits per heavy atom. The van der Waals surface area contributed by atoms with Crippen molar-refractivity contribution in [3.63, 3.8) is 0 Å². The summed E-state index contributed by atoms with van der Waals surface area (Å²) in [5, 5.41) is 6.50. The summed E-state index contributed by atoms with van der Waals surface area (Å²) in [7, 11) is 0. The van der Waals surface area contributed by atoms with Crippen molar-refractivity contribution in [1.82, 2.24) is 20.9 Å². The zero-order valence-electron chi connectivity index (χ0n) is 14.0. The Kier molecular flexibility index (Phi) is 5.68. The average Bonchev–Trinajstić information content (AvgIpc) is 3.11. The molecule has 1 fully saturated rings. The van der Waals surface area contributed by atoms with Crippen molar-refractivity contribution in [2.24, 2.45) is 0 Å². The van der Waals surface area contributed by atoms with Crippen molar-refractivity contribution in [2.75, 3.05) is 6.54 Å². The van der Waals surface area contributed by atoms with Crippen LogP contribution in [0.3, 0.4) is 0 Å². The molecule has 1 aliphatic heterocycles. The summed E-state index contributed by atoms with van der Waals surface area (Å²) in [5.41, 5.74) is -0.529. The highest BCUT2D eigenvalue weighted by atomic mass is 35.5. The van der Waals surface area contributed by atoms with Crippen LogP contribution in [0.5, 0.6) is 0 Å². The number of hydrogen-bond donors (Lipinski definition) is 3. The molecule has 148 valence electrons. The molecule has 1 saturated heterocycles. The lowest BCUT2D eigenvalue weighted by Crippen LogP contribution is -2.44. The van der Waals surface area contributed by atoms with Gasteiger partial charge in [-0.05, 0) is 17.7 Å². The van der Waals surface area contributed by atoms with Crippen LogP contribution in [0.2, 0.25) is 5.02 Å². The molecule has 3 amide bonds. The fourth-order valence-electron chi connectivity index (χ4n) is 2.68. The average molecular weight is 417 g/mol. The Labute approximate surface area is 161 Å². The largest absolute Gasteiger partial charge is 0.343 e. The van der Waals surface area contributed by atoms with Gasteiger partial charge >= 0.3 is 6.03 Å². The fourth-order valence-corrected chi connectivity index (χ4v) is 2.85. The zero-order chi connectivity index (χ0) is 20.4. The third-order valence-corrected chi connectivity index (χ3v) is 4.46. The summed E-state index contributed by atoms with van der Waals surface area (Å²) in [6, 6.07) is 1.58. The van der Waals surface area contributed by atoms with Crippen LogP contribution in [-0.2, 0) is 4.79 Å². The first kappa shape index (κ1) is 19.9. The van der Waals surface area contributed by atoms with E-state index in [0.29, 0.717) is 0 Å². The number of benzene rings is 1. The van der Waals surface area contributed by atoms with Gasteiger partial charge in [-0.1, -0.05) is 23.7 Å². The molecule has 0 aliphatic carbocycles. The van der Waals surface area contributed by atoms with Crippen molar-refractivity contribution in [3.8, 4) is 0 Å². The lowest BCUT2D eigenvalue weighted by atomic mass is 9.98. The van der Waals surface area contributed by atoms with Gasteiger partial charge in [0.25, 0.3) is 6.43 Å². The molecule has 2 aromatic rings. The summed E-state index contributed by atoms with van der Waals surface area (Å²) < 4.78 is 53.5. The Morgan fingerprint density at radius 2 is 2.00 bits per heavy atom. The van der Waals surface area contributed by atoms with E-state index in [1.54, 1.807) is 0 Å². The van der Waals surface area contributed by atoms with E-state index in [1.165, 1.54) is 6.07 Å². The number of aromatic nitrogens is 1. The molecule has 1 unspecified atom stereocenters. The lowest BCUT2D eigenvalue weighted by molar-refractivity contribution is -0.122. The van der Waals surface area contributed by atoms with Gasteiger partial charge < -0.3 is 16.0 Å². The molecule has 0 saturated carbocycles. The number of amides is 3. The second kappa shape index (κ2) is 8.01. The Bertz CT molecular complexity index is 911. The molecule has 2 atom stereocenters. The van der Waals surface area contributed by atoms with E-state index in [2.05, 4.69) is 20.9 Å². The van der Waals surface area contributed by atoms with Gasteiger partial charge in [-0.25, -0.2) is 22.4 Å². The minimum absolute atomic E-state index is 0.00656. The normalized spacial score (nSPS) is 17.2. The molecule has 11 heteroatoms. The molecule has 6 nitrogen and oxygen atoms in total. The highest BCUT2D eigenvalue weighted by molar-refractivity contribution is 6.31. The number of hydrogen-bond acceptors (Lipinski definition) is 3. The maximum Gasteiger partial charge on any atom is 0.315 e. The third kappa shape index (κ3) is 4.01. The third-order valence-electron chi connectivity index (χ3n) is 4.12. The number of nitrogens with one attached hydrogen (secondary N) is 3. The van der Waals surface area contributed by atoms with Gasteiger partial charge in [0.15, 0.2) is 0 Å². The second-order valence-corrected chi connectivity index (χ2v) is 6.31. The van der Waals surface area contributed by atoms with Crippen LogP contribution < -0.4 is 16.0 Å². The number of urea groups is 1. The van der Waals surface area contributed by atoms with Crippen LogP contribution in [0.1, 0.15) is 29.3 Å². The lowest BCUT2D eigenvalue weighted by Gasteiger charge is -2.22.